The van der Waals surface area contributed by atoms with Crippen LogP contribution in [0, 0.1) is 13.8 Å². The van der Waals surface area contributed by atoms with E-state index in [-0.39, 0.29) is 0 Å². The van der Waals surface area contributed by atoms with Crippen molar-refractivity contribution in [1.29, 1.82) is 0 Å². The van der Waals surface area contributed by atoms with E-state index in [2.05, 4.69) is 55.8 Å². The standard InChI is InChI=1S/C16H27N3/c1-12-5-6-16(13(2)9-12)19-14(3)10-18(4)11-15(19)7-8-17/h5-6,9,14-15H,7-8,10-11,17H2,1-4H3. The Bertz CT molecular complexity index is 430. The normalized spacial score (nSPS) is 24.8. The monoisotopic (exact) mass is 261 g/mol. The van der Waals surface area contributed by atoms with E-state index in [9.17, 15) is 0 Å². The van der Waals surface area contributed by atoms with Crippen molar-refractivity contribution in [2.24, 2.45) is 5.73 Å². The van der Waals surface area contributed by atoms with Crippen LogP contribution in [-0.4, -0.2) is 43.7 Å². The third-order valence-corrected chi connectivity index (χ3v) is 4.10. The van der Waals surface area contributed by atoms with Crippen LogP contribution in [0.2, 0.25) is 0 Å². The van der Waals surface area contributed by atoms with Crippen molar-refractivity contribution in [1.82, 2.24) is 4.90 Å². The van der Waals surface area contributed by atoms with Gasteiger partial charge in [0.25, 0.3) is 0 Å². The highest BCUT2D eigenvalue weighted by Crippen LogP contribution is 2.29. The third kappa shape index (κ3) is 3.10. The summed E-state index contributed by atoms with van der Waals surface area (Å²) in [6.45, 7) is 9.67. The molecular formula is C16H27N3. The third-order valence-electron chi connectivity index (χ3n) is 4.10. The van der Waals surface area contributed by atoms with Gasteiger partial charge in [-0.15, -0.1) is 0 Å². The SMILES string of the molecule is Cc1ccc(N2C(C)CN(C)CC2CCN)c(C)c1. The van der Waals surface area contributed by atoms with Crippen LogP contribution >= 0.6 is 0 Å². The molecule has 3 nitrogen and oxygen atoms in total. The van der Waals surface area contributed by atoms with Gasteiger partial charge in [0.2, 0.25) is 0 Å². The smallest absolute Gasteiger partial charge is 0.0432 e. The second kappa shape index (κ2) is 5.93. The van der Waals surface area contributed by atoms with Crippen molar-refractivity contribution in [3.63, 3.8) is 0 Å². The van der Waals surface area contributed by atoms with Crippen LogP contribution in [0.25, 0.3) is 0 Å². The zero-order chi connectivity index (χ0) is 14.0. The lowest BCUT2D eigenvalue weighted by atomic mass is 10.0. The van der Waals surface area contributed by atoms with E-state index < -0.39 is 0 Å². The van der Waals surface area contributed by atoms with Crippen LogP contribution < -0.4 is 10.6 Å². The average molecular weight is 261 g/mol. The molecule has 1 aromatic carbocycles. The quantitative estimate of drug-likeness (QED) is 0.905. The molecule has 0 aromatic heterocycles. The van der Waals surface area contributed by atoms with Gasteiger partial charge in [-0.05, 0) is 52.4 Å². The minimum absolute atomic E-state index is 0.528. The molecular weight excluding hydrogens is 234 g/mol. The van der Waals surface area contributed by atoms with Gasteiger partial charge in [0, 0.05) is 30.9 Å². The molecule has 19 heavy (non-hydrogen) atoms. The maximum atomic E-state index is 5.81. The molecule has 2 unspecified atom stereocenters. The van der Waals surface area contributed by atoms with Crippen LogP contribution in [0.5, 0.6) is 0 Å². The number of piperazine rings is 1. The molecule has 1 fully saturated rings. The first-order chi connectivity index (χ1) is 9.02. The van der Waals surface area contributed by atoms with Gasteiger partial charge in [-0.3, -0.25) is 0 Å². The average Bonchev–Trinajstić information content (AvgIpc) is 2.31. The number of nitrogens with zero attached hydrogens (tertiary/aromatic N) is 2. The van der Waals surface area contributed by atoms with Gasteiger partial charge in [0.15, 0.2) is 0 Å². The van der Waals surface area contributed by atoms with E-state index in [1.807, 2.05) is 0 Å². The molecule has 0 bridgehead atoms. The molecule has 106 valence electrons. The summed E-state index contributed by atoms with van der Waals surface area (Å²) in [5.74, 6) is 0. The van der Waals surface area contributed by atoms with Crippen molar-refractivity contribution in [2.75, 3.05) is 31.6 Å². The first kappa shape index (κ1) is 14.4. The minimum atomic E-state index is 0.528. The molecule has 1 aromatic rings. The Hall–Kier alpha value is -1.06. The van der Waals surface area contributed by atoms with E-state index in [1.54, 1.807) is 0 Å². The first-order valence-electron chi connectivity index (χ1n) is 7.27. The molecule has 2 atom stereocenters. The molecule has 1 aliphatic heterocycles. The van der Waals surface area contributed by atoms with Crippen molar-refractivity contribution >= 4 is 5.69 Å². The van der Waals surface area contributed by atoms with Crippen LogP contribution in [0.4, 0.5) is 5.69 Å². The molecule has 0 saturated carbocycles. The molecule has 0 aliphatic carbocycles. The predicted molar refractivity (Wildman–Crippen MR) is 82.8 cm³/mol. The first-order valence-corrected chi connectivity index (χ1v) is 7.27. The van der Waals surface area contributed by atoms with Gasteiger partial charge in [0.05, 0.1) is 0 Å². The zero-order valence-electron chi connectivity index (χ0n) is 12.7. The fourth-order valence-corrected chi connectivity index (χ4v) is 3.37. The number of hydrogen-bond donors (Lipinski definition) is 1. The second-order valence-electron chi connectivity index (χ2n) is 6.00. The summed E-state index contributed by atoms with van der Waals surface area (Å²) in [6.07, 6.45) is 1.06. The Balaban J connectivity index is 2.32. The number of hydrogen-bond acceptors (Lipinski definition) is 3. The fourth-order valence-electron chi connectivity index (χ4n) is 3.37. The Morgan fingerprint density at radius 1 is 1.26 bits per heavy atom. The van der Waals surface area contributed by atoms with Gasteiger partial charge in [0.1, 0.15) is 0 Å². The van der Waals surface area contributed by atoms with Crippen LogP contribution in [0.1, 0.15) is 24.5 Å². The highest BCUT2D eigenvalue weighted by atomic mass is 15.3. The lowest BCUT2D eigenvalue weighted by Gasteiger charge is -2.46. The summed E-state index contributed by atoms with van der Waals surface area (Å²) >= 11 is 0. The van der Waals surface area contributed by atoms with Crippen molar-refractivity contribution in [2.45, 2.75) is 39.3 Å². The molecule has 1 aliphatic rings. The van der Waals surface area contributed by atoms with Gasteiger partial charge in [-0.2, -0.15) is 0 Å². The number of benzene rings is 1. The molecule has 0 amide bonds. The highest BCUT2D eigenvalue weighted by Gasteiger charge is 2.30. The van der Waals surface area contributed by atoms with E-state index in [0.29, 0.717) is 12.1 Å². The van der Waals surface area contributed by atoms with Gasteiger partial charge in [-0.25, -0.2) is 0 Å². The van der Waals surface area contributed by atoms with Gasteiger partial charge < -0.3 is 15.5 Å². The van der Waals surface area contributed by atoms with E-state index in [1.165, 1.54) is 16.8 Å². The largest absolute Gasteiger partial charge is 0.363 e. The number of anilines is 1. The molecule has 1 saturated heterocycles. The lowest BCUT2D eigenvalue weighted by Crippen LogP contribution is -2.57. The van der Waals surface area contributed by atoms with Gasteiger partial charge in [-0.1, -0.05) is 17.7 Å². The number of nitrogens with two attached hydrogens (primary N) is 1. The summed E-state index contributed by atoms with van der Waals surface area (Å²) in [7, 11) is 2.21. The molecule has 3 heteroatoms. The summed E-state index contributed by atoms with van der Waals surface area (Å²) in [5, 5.41) is 0. The van der Waals surface area contributed by atoms with Crippen molar-refractivity contribution in [3.8, 4) is 0 Å². The Kier molecular flexibility index (Phi) is 4.48. The van der Waals surface area contributed by atoms with E-state index in [0.717, 1.165) is 26.1 Å². The second-order valence-corrected chi connectivity index (χ2v) is 6.00. The molecule has 1 heterocycles. The maximum absolute atomic E-state index is 5.81. The Labute approximate surface area is 117 Å². The van der Waals surface area contributed by atoms with Gasteiger partial charge >= 0.3 is 0 Å². The predicted octanol–water partition coefficient (Wildman–Crippen LogP) is 2.16. The highest BCUT2D eigenvalue weighted by molar-refractivity contribution is 5.56. The maximum Gasteiger partial charge on any atom is 0.0432 e. The summed E-state index contributed by atoms with van der Waals surface area (Å²) < 4.78 is 0. The van der Waals surface area contributed by atoms with Crippen molar-refractivity contribution < 1.29 is 0 Å². The van der Waals surface area contributed by atoms with E-state index in [4.69, 9.17) is 5.73 Å². The van der Waals surface area contributed by atoms with E-state index >= 15 is 0 Å². The fraction of sp³-hybridized carbons (Fsp3) is 0.625. The zero-order valence-corrected chi connectivity index (χ0v) is 12.7. The summed E-state index contributed by atoms with van der Waals surface area (Å²) in [6, 6.07) is 7.83. The number of rotatable bonds is 3. The molecule has 2 rings (SSSR count). The Morgan fingerprint density at radius 3 is 2.63 bits per heavy atom. The molecule has 0 radical (unpaired) electrons. The van der Waals surface area contributed by atoms with Crippen LogP contribution in [0.15, 0.2) is 18.2 Å². The Morgan fingerprint density at radius 2 is 2.00 bits per heavy atom. The molecule has 0 spiro atoms. The molecule has 2 N–H and O–H groups in total. The number of likely N-dealkylation sites (N-methyl/N-ethyl adjacent to an activating group) is 1. The lowest BCUT2D eigenvalue weighted by molar-refractivity contribution is 0.227. The topological polar surface area (TPSA) is 32.5 Å². The van der Waals surface area contributed by atoms with Crippen LogP contribution in [0.3, 0.4) is 0 Å². The minimum Gasteiger partial charge on any atom is -0.363 e. The number of aryl methyl sites for hydroxylation is 2. The van der Waals surface area contributed by atoms with Crippen molar-refractivity contribution in [3.05, 3.63) is 29.3 Å². The van der Waals surface area contributed by atoms with Crippen LogP contribution in [-0.2, 0) is 0 Å². The summed E-state index contributed by atoms with van der Waals surface area (Å²) in [5.41, 5.74) is 9.89. The summed E-state index contributed by atoms with van der Waals surface area (Å²) in [4.78, 5) is 5.01.